The Hall–Kier alpha value is -2.66. The zero-order chi connectivity index (χ0) is 19.8. The van der Waals surface area contributed by atoms with Crippen LogP contribution < -0.4 is 5.32 Å². The molecule has 28 heavy (non-hydrogen) atoms. The minimum atomic E-state index is 0.0418. The van der Waals surface area contributed by atoms with Gasteiger partial charge in [-0.2, -0.15) is 0 Å². The van der Waals surface area contributed by atoms with Crippen LogP contribution in [0.4, 0.5) is 0 Å². The highest BCUT2D eigenvalue weighted by molar-refractivity contribution is 7.80. The molecule has 0 saturated carbocycles. The molecule has 2 aromatic heterocycles. The number of nitrogens with zero attached hydrogens (tertiary/aromatic N) is 3. The van der Waals surface area contributed by atoms with E-state index in [1.807, 2.05) is 18.3 Å². The maximum absolute atomic E-state index is 5.67. The van der Waals surface area contributed by atoms with Gasteiger partial charge in [-0.15, -0.1) is 0 Å². The fourth-order valence-electron chi connectivity index (χ4n) is 4.34. The molecule has 1 aliphatic rings. The molecule has 1 aliphatic heterocycles. The summed E-state index contributed by atoms with van der Waals surface area (Å²) in [6.45, 7) is 9.52. The molecule has 2 atom stereocenters. The van der Waals surface area contributed by atoms with Crippen LogP contribution in [-0.2, 0) is 0 Å². The summed E-state index contributed by atoms with van der Waals surface area (Å²) in [6, 6.07) is 17.2. The smallest absolute Gasteiger partial charge is 0.170 e. The minimum Gasteiger partial charge on any atom is -0.352 e. The SMILES string of the molecule is CCN1C(=S)N[C@@H](c2ccccn2)[C@H]1c1cc(C)n(-c2cccc(C)c2)c1C. The predicted octanol–water partition coefficient (Wildman–Crippen LogP) is 4.79. The molecule has 0 bridgehead atoms. The first kappa shape index (κ1) is 18.7. The Morgan fingerprint density at radius 1 is 1.07 bits per heavy atom. The van der Waals surface area contributed by atoms with Gasteiger partial charge >= 0.3 is 0 Å². The molecule has 1 N–H and O–H groups in total. The lowest BCUT2D eigenvalue weighted by Gasteiger charge is -2.27. The van der Waals surface area contributed by atoms with Crippen molar-refractivity contribution in [2.45, 2.75) is 39.8 Å². The molecule has 5 heteroatoms. The molecule has 1 aromatic carbocycles. The average Bonchev–Trinajstić information content (AvgIpc) is 3.17. The summed E-state index contributed by atoms with van der Waals surface area (Å²) in [4.78, 5) is 6.89. The van der Waals surface area contributed by atoms with Crippen LogP contribution in [0.15, 0.2) is 54.7 Å². The highest BCUT2D eigenvalue weighted by Gasteiger charge is 2.40. The van der Waals surface area contributed by atoms with E-state index in [1.165, 1.54) is 28.2 Å². The fourth-order valence-corrected chi connectivity index (χ4v) is 4.71. The van der Waals surface area contributed by atoms with Gasteiger partial charge in [-0.25, -0.2) is 0 Å². The van der Waals surface area contributed by atoms with Gasteiger partial charge in [-0.3, -0.25) is 4.98 Å². The van der Waals surface area contributed by atoms with E-state index in [1.54, 1.807) is 0 Å². The second-order valence-corrected chi connectivity index (χ2v) is 7.80. The Bertz CT molecular complexity index is 1010. The van der Waals surface area contributed by atoms with E-state index in [2.05, 4.69) is 83.9 Å². The Morgan fingerprint density at radius 3 is 2.57 bits per heavy atom. The van der Waals surface area contributed by atoms with E-state index in [9.17, 15) is 0 Å². The third-order valence-electron chi connectivity index (χ3n) is 5.59. The second-order valence-electron chi connectivity index (χ2n) is 7.41. The monoisotopic (exact) mass is 390 g/mol. The van der Waals surface area contributed by atoms with E-state index in [0.717, 1.165) is 17.4 Å². The summed E-state index contributed by atoms with van der Waals surface area (Å²) in [7, 11) is 0. The van der Waals surface area contributed by atoms with Gasteiger partial charge in [-0.05, 0) is 81.4 Å². The summed E-state index contributed by atoms with van der Waals surface area (Å²) in [6.07, 6.45) is 1.85. The lowest BCUT2D eigenvalue weighted by atomic mass is 9.97. The molecule has 1 saturated heterocycles. The number of benzene rings is 1. The molecule has 1 fully saturated rings. The van der Waals surface area contributed by atoms with Crippen molar-refractivity contribution in [2.24, 2.45) is 0 Å². The van der Waals surface area contributed by atoms with Gasteiger partial charge in [0.15, 0.2) is 5.11 Å². The third-order valence-corrected chi connectivity index (χ3v) is 5.94. The number of nitrogens with one attached hydrogen (secondary N) is 1. The molecule has 4 nitrogen and oxygen atoms in total. The van der Waals surface area contributed by atoms with Gasteiger partial charge < -0.3 is 14.8 Å². The van der Waals surface area contributed by atoms with Crippen LogP contribution in [-0.4, -0.2) is 26.1 Å². The Kier molecular flexibility index (Phi) is 4.94. The van der Waals surface area contributed by atoms with E-state index in [-0.39, 0.29) is 12.1 Å². The molecule has 0 spiro atoms. The van der Waals surface area contributed by atoms with Crippen molar-refractivity contribution in [3.63, 3.8) is 0 Å². The normalized spacial score (nSPS) is 19.1. The van der Waals surface area contributed by atoms with Gasteiger partial charge in [0, 0.05) is 29.8 Å². The number of aromatic nitrogens is 2. The molecule has 0 unspecified atom stereocenters. The van der Waals surface area contributed by atoms with Gasteiger partial charge in [0.1, 0.15) is 0 Å². The van der Waals surface area contributed by atoms with Crippen LogP contribution >= 0.6 is 12.2 Å². The molecular formula is C23H26N4S. The van der Waals surface area contributed by atoms with Crippen molar-refractivity contribution in [1.82, 2.24) is 19.8 Å². The Morgan fingerprint density at radius 2 is 1.89 bits per heavy atom. The van der Waals surface area contributed by atoms with Crippen LogP contribution in [0.3, 0.4) is 0 Å². The number of likely N-dealkylation sites (N-methyl/N-ethyl adjacent to an activating group) is 1. The standard InChI is InChI=1S/C23H26N4S/c1-5-26-22(21(25-23(26)28)20-11-6-7-12-24-20)19-14-16(3)27(17(19)4)18-10-8-9-15(2)13-18/h6-14,21-22H,5H2,1-4H3,(H,25,28)/t21-,22+/m0/s1. The molecule has 144 valence electrons. The van der Waals surface area contributed by atoms with Crippen molar-refractivity contribution >= 4 is 17.3 Å². The van der Waals surface area contributed by atoms with E-state index in [0.29, 0.717) is 0 Å². The quantitative estimate of drug-likeness (QED) is 0.650. The highest BCUT2D eigenvalue weighted by atomic mass is 32.1. The largest absolute Gasteiger partial charge is 0.352 e. The lowest BCUT2D eigenvalue weighted by Crippen LogP contribution is -2.29. The summed E-state index contributed by atoms with van der Waals surface area (Å²) >= 11 is 5.67. The summed E-state index contributed by atoms with van der Waals surface area (Å²) < 4.78 is 2.34. The van der Waals surface area contributed by atoms with Crippen molar-refractivity contribution < 1.29 is 0 Å². The van der Waals surface area contributed by atoms with E-state index in [4.69, 9.17) is 12.2 Å². The van der Waals surface area contributed by atoms with Crippen LogP contribution in [0.5, 0.6) is 0 Å². The summed E-state index contributed by atoms with van der Waals surface area (Å²) in [5.74, 6) is 0. The first-order valence-corrected chi connectivity index (χ1v) is 10.2. The number of pyridine rings is 1. The van der Waals surface area contributed by atoms with Gasteiger partial charge in [-0.1, -0.05) is 18.2 Å². The third kappa shape index (κ3) is 3.10. The molecule has 4 rings (SSSR count). The molecule has 0 radical (unpaired) electrons. The van der Waals surface area contributed by atoms with Gasteiger partial charge in [0.05, 0.1) is 17.8 Å². The van der Waals surface area contributed by atoms with Gasteiger partial charge in [0.2, 0.25) is 0 Å². The summed E-state index contributed by atoms with van der Waals surface area (Å²) in [5.41, 5.74) is 7.25. The maximum atomic E-state index is 5.67. The number of aryl methyl sites for hydroxylation is 2. The van der Waals surface area contributed by atoms with E-state index >= 15 is 0 Å². The number of hydrogen-bond acceptors (Lipinski definition) is 2. The Labute approximate surface area is 172 Å². The van der Waals surface area contributed by atoms with Crippen LogP contribution in [0.1, 0.15) is 47.2 Å². The topological polar surface area (TPSA) is 33.1 Å². The van der Waals surface area contributed by atoms with Crippen LogP contribution in [0.25, 0.3) is 5.69 Å². The fraction of sp³-hybridized carbons (Fsp3) is 0.304. The molecule has 0 aliphatic carbocycles. The average molecular weight is 391 g/mol. The van der Waals surface area contributed by atoms with Crippen molar-refractivity contribution in [2.75, 3.05) is 6.54 Å². The first-order chi connectivity index (χ1) is 13.5. The zero-order valence-corrected chi connectivity index (χ0v) is 17.6. The Balaban J connectivity index is 1.84. The number of hydrogen-bond donors (Lipinski definition) is 1. The van der Waals surface area contributed by atoms with Crippen molar-refractivity contribution in [3.05, 3.63) is 82.9 Å². The highest BCUT2D eigenvalue weighted by Crippen LogP contribution is 2.41. The molecular weight excluding hydrogens is 364 g/mol. The number of rotatable bonds is 4. The van der Waals surface area contributed by atoms with Gasteiger partial charge in [0.25, 0.3) is 0 Å². The minimum absolute atomic E-state index is 0.0418. The van der Waals surface area contributed by atoms with Crippen molar-refractivity contribution in [3.8, 4) is 5.69 Å². The van der Waals surface area contributed by atoms with Crippen LogP contribution in [0.2, 0.25) is 0 Å². The second kappa shape index (κ2) is 7.40. The van der Waals surface area contributed by atoms with E-state index < -0.39 is 0 Å². The predicted molar refractivity (Wildman–Crippen MR) is 118 cm³/mol. The zero-order valence-electron chi connectivity index (χ0n) is 16.8. The molecule has 3 heterocycles. The van der Waals surface area contributed by atoms with Crippen molar-refractivity contribution in [1.29, 1.82) is 0 Å². The van der Waals surface area contributed by atoms with Crippen LogP contribution in [0, 0.1) is 20.8 Å². The molecule has 0 amide bonds. The first-order valence-electron chi connectivity index (χ1n) is 9.75. The maximum Gasteiger partial charge on any atom is 0.170 e. The summed E-state index contributed by atoms with van der Waals surface area (Å²) in [5, 5.41) is 4.31. The lowest BCUT2D eigenvalue weighted by molar-refractivity contribution is 0.329. The molecule has 3 aromatic rings. The number of thiocarbonyl (C=S) groups is 1.